The number of hydrazone groups is 1. The maximum atomic E-state index is 12.1. The van der Waals surface area contributed by atoms with E-state index >= 15 is 0 Å². The summed E-state index contributed by atoms with van der Waals surface area (Å²) in [6, 6.07) is 12.4. The van der Waals surface area contributed by atoms with Crippen LogP contribution in [0.25, 0.3) is 0 Å². The third kappa shape index (κ3) is 4.31. The van der Waals surface area contributed by atoms with Crippen LogP contribution in [0.5, 0.6) is 5.75 Å². The van der Waals surface area contributed by atoms with Gasteiger partial charge in [-0.25, -0.2) is 5.43 Å². The van der Waals surface area contributed by atoms with Gasteiger partial charge in [-0.15, -0.1) is 0 Å². The molecule has 0 unspecified atom stereocenters. The number of carbonyl (C=O) groups excluding carboxylic acids is 1. The first-order valence-corrected chi connectivity index (χ1v) is 7.20. The molecule has 0 atom stereocenters. The number of ether oxygens (including phenoxy) is 1. The number of hydrogen-bond donors (Lipinski definition) is 1. The molecular formula is C15H12BrClN2O2. The Morgan fingerprint density at radius 1 is 1.33 bits per heavy atom. The van der Waals surface area contributed by atoms with Crippen LogP contribution in [0.15, 0.2) is 52.0 Å². The first-order chi connectivity index (χ1) is 10.1. The molecule has 0 aliphatic rings. The molecule has 108 valence electrons. The lowest BCUT2D eigenvalue weighted by Gasteiger charge is -2.07. The minimum atomic E-state index is -0.388. The van der Waals surface area contributed by atoms with E-state index in [9.17, 15) is 4.79 Å². The van der Waals surface area contributed by atoms with Crippen molar-refractivity contribution in [2.45, 2.75) is 0 Å². The smallest absolute Gasteiger partial charge is 0.275 e. The van der Waals surface area contributed by atoms with Gasteiger partial charge < -0.3 is 4.74 Å². The van der Waals surface area contributed by atoms with Gasteiger partial charge in [0, 0.05) is 9.50 Å². The zero-order chi connectivity index (χ0) is 15.2. The molecule has 0 saturated heterocycles. The SMILES string of the molecule is COc1ccc(Cl)cc1C(=O)NN=Cc1cccc(Br)c1. The maximum Gasteiger partial charge on any atom is 0.275 e. The second kappa shape index (κ2) is 7.24. The maximum absolute atomic E-state index is 12.1. The normalized spacial score (nSPS) is 10.6. The highest BCUT2D eigenvalue weighted by atomic mass is 79.9. The van der Waals surface area contributed by atoms with E-state index in [2.05, 4.69) is 26.5 Å². The fourth-order valence-corrected chi connectivity index (χ4v) is 2.26. The minimum Gasteiger partial charge on any atom is -0.496 e. The van der Waals surface area contributed by atoms with Gasteiger partial charge in [0.2, 0.25) is 0 Å². The molecule has 2 rings (SSSR count). The second-order valence-corrected chi connectivity index (χ2v) is 5.45. The number of hydrogen-bond acceptors (Lipinski definition) is 3. The lowest BCUT2D eigenvalue weighted by atomic mass is 10.2. The Hall–Kier alpha value is -1.85. The van der Waals surface area contributed by atoms with Gasteiger partial charge in [0.15, 0.2) is 0 Å². The van der Waals surface area contributed by atoms with Crippen LogP contribution in [0.4, 0.5) is 0 Å². The number of amides is 1. The molecule has 21 heavy (non-hydrogen) atoms. The third-order valence-corrected chi connectivity index (χ3v) is 3.36. The van der Waals surface area contributed by atoms with Crippen molar-refractivity contribution < 1.29 is 9.53 Å². The van der Waals surface area contributed by atoms with E-state index in [1.807, 2.05) is 24.3 Å². The van der Waals surface area contributed by atoms with Crippen LogP contribution in [0.1, 0.15) is 15.9 Å². The number of nitrogens with zero attached hydrogens (tertiary/aromatic N) is 1. The second-order valence-electron chi connectivity index (χ2n) is 4.10. The zero-order valence-electron chi connectivity index (χ0n) is 11.1. The highest BCUT2D eigenvalue weighted by Gasteiger charge is 2.11. The Bertz CT molecular complexity index is 689. The average molecular weight is 368 g/mol. The van der Waals surface area contributed by atoms with E-state index in [4.69, 9.17) is 16.3 Å². The van der Waals surface area contributed by atoms with Crippen molar-refractivity contribution in [3.05, 3.63) is 63.1 Å². The molecular weight excluding hydrogens is 356 g/mol. The molecule has 2 aromatic carbocycles. The van der Waals surface area contributed by atoms with Gasteiger partial charge in [-0.1, -0.05) is 39.7 Å². The monoisotopic (exact) mass is 366 g/mol. The summed E-state index contributed by atoms with van der Waals surface area (Å²) in [5.41, 5.74) is 3.64. The molecule has 0 aliphatic heterocycles. The largest absolute Gasteiger partial charge is 0.496 e. The van der Waals surface area contributed by atoms with Crippen LogP contribution >= 0.6 is 27.5 Å². The van der Waals surface area contributed by atoms with Gasteiger partial charge in [-0.2, -0.15) is 5.10 Å². The molecule has 0 fully saturated rings. The van der Waals surface area contributed by atoms with E-state index in [-0.39, 0.29) is 5.91 Å². The van der Waals surface area contributed by atoms with Crippen molar-refractivity contribution in [3.8, 4) is 5.75 Å². The van der Waals surface area contributed by atoms with Gasteiger partial charge in [-0.05, 0) is 35.9 Å². The Kier molecular flexibility index (Phi) is 5.36. The summed E-state index contributed by atoms with van der Waals surface area (Å²) in [5, 5.41) is 4.38. The summed E-state index contributed by atoms with van der Waals surface area (Å²) < 4.78 is 6.06. The van der Waals surface area contributed by atoms with E-state index < -0.39 is 0 Å². The molecule has 1 amide bonds. The number of benzene rings is 2. The van der Waals surface area contributed by atoms with Crippen LogP contribution in [-0.2, 0) is 0 Å². The summed E-state index contributed by atoms with van der Waals surface area (Å²) in [4.78, 5) is 12.1. The molecule has 0 radical (unpaired) electrons. The Balaban J connectivity index is 2.10. The number of carbonyl (C=O) groups is 1. The van der Waals surface area contributed by atoms with Gasteiger partial charge in [-0.3, -0.25) is 4.79 Å². The summed E-state index contributed by atoms with van der Waals surface area (Å²) >= 11 is 9.25. The summed E-state index contributed by atoms with van der Waals surface area (Å²) in [6.45, 7) is 0. The predicted octanol–water partition coefficient (Wildman–Crippen LogP) is 3.88. The van der Waals surface area contributed by atoms with Gasteiger partial charge in [0.05, 0.1) is 18.9 Å². The van der Waals surface area contributed by atoms with Crippen molar-refractivity contribution in [2.75, 3.05) is 7.11 Å². The van der Waals surface area contributed by atoms with E-state index in [1.165, 1.54) is 13.2 Å². The lowest BCUT2D eigenvalue weighted by Crippen LogP contribution is -2.18. The van der Waals surface area contributed by atoms with Crippen LogP contribution < -0.4 is 10.2 Å². The molecule has 6 heteroatoms. The molecule has 0 bridgehead atoms. The van der Waals surface area contributed by atoms with E-state index in [0.29, 0.717) is 16.3 Å². The van der Waals surface area contributed by atoms with Crippen molar-refractivity contribution >= 4 is 39.7 Å². The van der Waals surface area contributed by atoms with Gasteiger partial charge in [0.25, 0.3) is 5.91 Å². The molecule has 2 aromatic rings. The summed E-state index contributed by atoms with van der Waals surface area (Å²) in [5.74, 6) is 0.0511. The highest BCUT2D eigenvalue weighted by molar-refractivity contribution is 9.10. The Labute approximate surface area is 135 Å². The lowest BCUT2D eigenvalue weighted by molar-refractivity contribution is 0.0952. The predicted molar refractivity (Wildman–Crippen MR) is 87.2 cm³/mol. The van der Waals surface area contributed by atoms with Crippen LogP contribution in [0.2, 0.25) is 5.02 Å². The van der Waals surface area contributed by atoms with Crippen molar-refractivity contribution in [2.24, 2.45) is 5.10 Å². The first kappa shape index (κ1) is 15.5. The fourth-order valence-electron chi connectivity index (χ4n) is 1.67. The molecule has 0 heterocycles. The van der Waals surface area contributed by atoms with E-state index in [0.717, 1.165) is 10.0 Å². The molecule has 0 aromatic heterocycles. The van der Waals surface area contributed by atoms with Gasteiger partial charge in [0.1, 0.15) is 5.75 Å². The standard InChI is InChI=1S/C15H12BrClN2O2/c1-21-14-6-5-12(17)8-13(14)15(20)19-18-9-10-3-2-4-11(16)7-10/h2-9H,1H3,(H,19,20). The molecule has 1 N–H and O–H groups in total. The molecule has 0 spiro atoms. The number of halogens is 2. The third-order valence-electron chi connectivity index (χ3n) is 2.63. The molecule has 0 saturated carbocycles. The number of nitrogens with one attached hydrogen (secondary N) is 1. The molecule has 0 aliphatic carbocycles. The minimum absolute atomic E-state index is 0.330. The van der Waals surface area contributed by atoms with Crippen molar-refractivity contribution in [3.63, 3.8) is 0 Å². The van der Waals surface area contributed by atoms with Crippen molar-refractivity contribution in [1.82, 2.24) is 5.43 Å². The quantitative estimate of drug-likeness (QED) is 0.659. The Morgan fingerprint density at radius 3 is 2.86 bits per heavy atom. The first-order valence-electron chi connectivity index (χ1n) is 6.02. The van der Waals surface area contributed by atoms with E-state index in [1.54, 1.807) is 18.3 Å². The van der Waals surface area contributed by atoms with Gasteiger partial charge >= 0.3 is 0 Å². The zero-order valence-corrected chi connectivity index (χ0v) is 13.5. The van der Waals surface area contributed by atoms with Crippen LogP contribution in [0, 0.1) is 0 Å². The topological polar surface area (TPSA) is 50.7 Å². The van der Waals surface area contributed by atoms with Crippen LogP contribution in [-0.4, -0.2) is 19.2 Å². The highest BCUT2D eigenvalue weighted by Crippen LogP contribution is 2.22. The van der Waals surface area contributed by atoms with Crippen molar-refractivity contribution in [1.29, 1.82) is 0 Å². The summed E-state index contributed by atoms with van der Waals surface area (Å²) in [6.07, 6.45) is 1.56. The molecule has 4 nitrogen and oxygen atoms in total. The number of methoxy groups -OCH3 is 1. The average Bonchev–Trinajstić information content (AvgIpc) is 2.47. The Morgan fingerprint density at radius 2 is 2.14 bits per heavy atom. The number of rotatable bonds is 4. The summed E-state index contributed by atoms with van der Waals surface area (Å²) in [7, 11) is 1.49. The fraction of sp³-hybridized carbons (Fsp3) is 0.0667. The van der Waals surface area contributed by atoms with Crippen LogP contribution in [0.3, 0.4) is 0 Å².